The Morgan fingerprint density at radius 1 is 1.42 bits per heavy atom. The van der Waals surface area contributed by atoms with Crippen LogP contribution in [0.5, 0.6) is 0 Å². The first kappa shape index (κ1) is 13.9. The van der Waals surface area contributed by atoms with Crippen molar-refractivity contribution in [3.05, 3.63) is 29.8 Å². The molecular weight excluding hydrogens is 264 g/mol. The normalized spacial score (nSPS) is 19.5. The number of halogens is 1. The van der Waals surface area contributed by atoms with E-state index in [0.29, 0.717) is 12.5 Å². The summed E-state index contributed by atoms with van der Waals surface area (Å²) in [6, 6.07) is 7.35. The Morgan fingerprint density at radius 3 is 2.79 bits per heavy atom. The minimum atomic E-state index is -0.721. The standard InChI is InChI=1S/C14H17ClN2O2/c1-9-7-11-5-3-4-6-12(11)17(8-9)14(19)16-13(18)10(2)15/h3-6,9-10H,7-8H2,1-2H3,(H,16,18,19). The molecule has 2 unspecified atom stereocenters. The van der Waals surface area contributed by atoms with Crippen LogP contribution in [0.2, 0.25) is 0 Å². The van der Waals surface area contributed by atoms with E-state index in [9.17, 15) is 9.59 Å². The highest BCUT2D eigenvalue weighted by molar-refractivity contribution is 6.31. The quantitative estimate of drug-likeness (QED) is 0.804. The summed E-state index contributed by atoms with van der Waals surface area (Å²) in [5.74, 6) is -0.105. The van der Waals surface area contributed by atoms with Crippen LogP contribution in [0.25, 0.3) is 0 Å². The van der Waals surface area contributed by atoms with E-state index in [0.717, 1.165) is 17.7 Å². The smallest absolute Gasteiger partial charge is 0.294 e. The molecule has 0 aliphatic carbocycles. The van der Waals surface area contributed by atoms with Gasteiger partial charge in [0.15, 0.2) is 0 Å². The summed E-state index contributed by atoms with van der Waals surface area (Å²) >= 11 is 5.66. The van der Waals surface area contributed by atoms with Crippen LogP contribution in [0, 0.1) is 5.92 Å². The summed E-state index contributed by atoms with van der Waals surface area (Å²) in [4.78, 5) is 25.3. The van der Waals surface area contributed by atoms with E-state index >= 15 is 0 Å². The van der Waals surface area contributed by atoms with Gasteiger partial charge in [-0.2, -0.15) is 0 Å². The van der Waals surface area contributed by atoms with Gasteiger partial charge in [-0.3, -0.25) is 15.0 Å². The second kappa shape index (κ2) is 5.61. The lowest BCUT2D eigenvalue weighted by Crippen LogP contribution is -2.48. The fraction of sp³-hybridized carbons (Fsp3) is 0.429. The monoisotopic (exact) mass is 280 g/mol. The fourth-order valence-corrected chi connectivity index (χ4v) is 2.32. The first-order valence-electron chi connectivity index (χ1n) is 6.33. The maximum Gasteiger partial charge on any atom is 0.328 e. The van der Waals surface area contributed by atoms with E-state index in [1.165, 1.54) is 6.92 Å². The number of nitrogens with zero attached hydrogens (tertiary/aromatic N) is 1. The third kappa shape index (κ3) is 3.07. The summed E-state index contributed by atoms with van der Waals surface area (Å²) in [7, 11) is 0. The SMILES string of the molecule is CC1Cc2ccccc2N(C(=O)NC(=O)C(C)Cl)C1. The minimum Gasteiger partial charge on any atom is -0.294 e. The van der Waals surface area contributed by atoms with Crippen molar-refractivity contribution in [3.63, 3.8) is 0 Å². The maximum absolute atomic E-state index is 12.2. The summed E-state index contributed by atoms with van der Waals surface area (Å²) in [6.45, 7) is 4.23. The number of fused-ring (bicyclic) bond motifs is 1. The van der Waals surface area contributed by atoms with Crippen LogP contribution in [-0.4, -0.2) is 23.9 Å². The third-order valence-electron chi connectivity index (χ3n) is 3.18. The topological polar surface area (TPSA) is 49.4 Å². The van der Waals surface area contributed by atoms with Crippen molar-refractivity contribution in [2.24, 2.45) is 5.92 Å². The zero-order valence-electron chi connectivity index (χ0n) is 11.0. The molecule has 5 heteroatoms. The predicted molar refractivity (Wildman–Crippen MR) is 75.5 cm³/mol. The maximum atomic E-state index is 12.2. The number of alkyl halides is 1. The first-order valence-corrected chi connectivity index (χ1v) is 6.77. The van der Waals surface area contributed by atoms with E-state index in [2.05, 4.69) is 12.2 Å². The number of amides is 3. The van der Waals surface area contributed by atoms with Gasteiger partial charge in [-0.1, -0.05) is 25.1 Å². The van der Waals surface area contributed by atoms with Crippen LogP contribution in [0.3, 0.4) is 0 Å². The molecule has 0 saturated carbocycles. The lowest BCUT2D eigenvalue weighted by atomic mass is 9.94. The molecule has 0 spiro atoms. The molecule has 3 amide bonds. The molecule has 0 bridgehead atoms. The van der Waals surface area contributed by atoms with E-state index in [1.54, 1.807) is 4.90 Å². The number of rotatable bonds is 1. The summed E-state index contributed by atoms with van der Waals surface area (Å²) in [6.07, 6.45) is 0.944. The number of carbonyl (C=O) groups is 2. The van der Waals surface area contributed by atoms with Crippen molar-refractivity contribution in [2.45, 2.75) is 25.6 Å². The van der Waals surface area contributed by atoms with Gasteiger partial charge in [0.05, 0.1) is 0 Å². The van der Waals surface area contributed by atoms with Crippen molar-refractivity contribution in [1.29, 1.82) is 0 Å². The highest BCUT2D eigenvalue weighted by Crippen LogP contribution is 2.29. The molecule has 2 atom stereocenters. The van der Waals surface area contributed by atoms with Crippen molar-refractivity contribution in [3.8, 4) is 0 Å². The molecule has 0 aromatic heterocycles. The van der Waals surface area contributed by atoms with Crippen LogP contribution in [-0.2, 0) is 11.2 Å². The molecule has 1 aliphatic heterocycles. The van der Waals surface area contributed by atoms with Gasteiger partial charge in [0.1, 0.15) is 5.38 Å². The van der Waals surface area contributed by atoms with E-state index in [-0.39, 0.29) is 0 Å². The Bertz CT molecular complexity index is 502. The molecule has 0 radical (unpaired) electrons. The second-order valence-electron chi connectivity index (χ2n) is 4.96. The van der Waals surface area contributed by atoms with Crippen LogP contribution < -0.4 is 10.2 Å². The molecule has 0 fully saturated rings. The zero-order chi connectivity index (χ0) is 14.0. The number of benzene rings is 1. The molecule has 1 aromatic rings. The minimum absolute atomic E-state index is 0.365. The number of nitrogens with one attached hydrogen (secondary N) is 1. The highest BCUT2D eigenvalue weighted by atomic mass is 35.5. The number of hydrogen-bond acceptors (Lipinski definition) is 2. The fourth-order valence-electron chi connectivity index (χ4n) is 2.26. The number of carbonyl (C=O) groups excluding carboxylic acids is 2. The lowest BCUT2D eigenvalue weighted by molar-refractivity contribution is -0.119. The van der Waals surface area contributed by atoms with Gasteiger partial charge in [-0.05, 0) is 30.9 Å². The Balaban J connectivity index is 2.20. The molecule has 1 heterocycles. The summed E-state index contributed by atoms with van der Waals surface area (Å²) < 4.78 is 0. The first-order chi connectivity index (χ1) is 8.99. The summed E-state index contributed by atoms with van der Waals surface area (Å²) in [5.41, 5.74) is 2.00. The molecule has 0 saturated heterocycles. The van der Waals surface area contributed by atoms with E-state index < -0.39 is 17.3 Å². The number of para-hydroxylation sites is 1. The largest absolute Gasteiger partial charge is 0.328 e. The molecule has 4 nitrogen and oxygen atoms in total. The van der Waals surface area contributed by atoms with E-state index in [1.807, 2.05) is 24.3 Å². The van der Waals surface area contributed by atoms with Crippen LogP contribution in [0.15, 0.2) is 24.3 Å². The number of hydrogen-bond donors (Lipinski definition) is 1. The number of imide groups is 1. The van der Waals surface area contributed by atoms with Gasteiger partial charge < -0.3 is 0 Å². The number of anilines is 1. The molecule has 1 N–H and O–H groups in total. The lowest BCUT2D eigenvalue weighted by Gasteiger charge is -2.33. The third-order valence-corrected chi connectivity index (χ3v) is 3.38. The molecular formula is C14H17ClN2O2. The van der Waals surface area contributed by atoms with Gasteiger partial charge in [0, 0.05) is 12.2 Å². The van der Waals surface area contributed by atoms with Crippen LogP contribution >= 0.6 is 11.6 Å². The van der Waals surface area contributed by atoms with Gasteiger partial charge in [-0.25, -0.2) is 4.79 Å². The molecule has 19 heavy (non-hydrogen) atoms. The van der Waals surface area contributed by atoms with Gasteiger partial charge >= 0.3 is 6.03 Å². The van der Waals surface area contributed by atoms with Gasteiger partial charge in [0.2, 0.25) is 5.91 Å². The van der Waals surface area contributed by atoms with Gasteiger partial charge in [0.25, 0.3) is 0 Å². The molecule has 2 rings (SSSR count). The second-order valence-corrected chi connectivity index (χ2v) is 5.61. The van der Waals surface area contributed by atoms with Crippen LogP contribution in [0.4, 0.5) is 10.5 Å². The Labute approximate surface area is 117 Å². The van der Waals surface area contributed by atoms with Crippen LogP contribution in [0.1, 0.15) is 19.4 Å². The predicted octanol–water partition coefficient (Wildman–Crippen LogP) is 2.55. The van der Waals surface area contributed by atoms with Gasteiger partial charge in [-0.15, -0.1) is 11.6 Å². The van der Waals surface area contributed by atoms with Crippen molar-refractivity contribution >= 4 is 29.2 Å². The average Bonchev–Trinajstić information content (AvgIpc) is 2.37. The summed E-state index contributed by atoms with van der Waals surface area (Å²) in [5, 5.41) is 1.61. The average molecular weight is 281 g/mol. The van der Waals surface area contributed by atoms with E-state index in [4.69, 9.17) is 11.6 Å². The van der Waals surface area contributed by atoms with Crippen molar-refractivity contribution < 1.29 is 9.59 Å². The molecule has 1 aromatic carbocycles. The molecule has 102 valence electrons. The highest BCUT2D eigenvalue weighted by Gasteiger charge is 2.27. The Morgan fingerprint density at radius 2 is 2.11 bits per heavy atom. The zero-order valence-corrected chi connectivity index (χ0v) is 11.8. The van der Waals surface area contributed by atoms with Crippen molar-refractivity contribution in [2.75, 3.05) is 11.4 Å². The molecule has 1 aliphatic rings. The Kier molecular flexibility index (Phi) is 4.10. The Hall–Kier alpha value is -1.55. The number of urea groups is 1. The van der Waals surface area contributed by atoms with Crippen molar-refractivity contribution in [1.82, 2.24) is 5.32 Å².